The summed E-state index contributed by atoms with van der Waals surface area (Å²) in [6.07, 6.45) is 5.56. The third-order valence-corrected chi connectivity index (χ3v) is 4.65. The summed E-state index contributed by atoms with van der Waals surface area (Å²) in [5.41, 5.74) is 1.26. The van der Waals surface area contributed by atoms with Crippen LogP contribution < -0.4 is 5.32 Å². The first-order valence-corrected chi connectivity index (χ1v) is 9.40. The van der Waals surface area contributed by atoms with Crippen LogP contribution in [0.1, 0.15) is 48.7 Å². The van der Waals surface area contributed by atoms with E-state index in [9.17, 15) is 14.9 Å². The molecule has 0 spiro atoms. The molecule has 6 heteroatoms. The largest absolute Gasteiger partial charge is 0.462 e. The Hall–Kier alpha value is -3.33. The van der Waals surface area contributed by atoms with Gasteiger partial charge in [-0.15, -0.1) is 0 Å². The molecule has 1 heterocycles. The number of nitrogens with one attached hydrogen (secondary N) is 1. The van der Waals surface area contributed by atoms with Crippen molar-refractivity contribution in [2.45, 2.75) is 38.6 Å². The maximum atomic E-state index is 12.3. The predicted octanol–water partition coefficient (Wildman–Crippen LogP) is 4.09. The van der Waals surface area contributed by atoms with Crippen molar-refractivity contribution in [2.24, 2.45) is 0 Å². The van der Waals surface area contributed by atoms with Crippen molar-refractivity contribution in [3.8, 4) is 17.4 Å². The van der Waals surface area contributed by atoms with Crippen molar-refractivity contribution in [1.82, 2.24) is 5.32 Å². The monoisotopic (exact) mass is 378 g/mol. The van der Waals surface area contributed by atoms with Gasteiger partial charge in [-0.2, -0.15) is 5.26 Å². The molecule has 3 rings (SSSR count). The Kier molecular flexibility index (Phi) is 6.28. The van der Waals surface area contributed by atoms with Crippen molar-refractivity contribution in [2.75, 3.05) is 6.61 Å². The highest BCUT2D eigenvalue weighted by molar-refractivity contribution is 6.01. The summed E-state index contributed by atoms with van der Waals surface area (Å²) in [4.78, 5) is 24.0. The number of esters is 1. The summed E-state index contributed by atoms with van der Waals surface area (Å²) in [6, 6.07) is 12.4. The van der Waals surface area contributed by atoms with Crippen molar-refractivity contribution in [3.63, 3.8) is 0 Å². The van der Waals surface area contributed by atoms with Gasteiger partial charge in [0, 0.05) is 17.7 Å². The second kappa shape index (κ2) is 9.05. The number of amides is 1. The van der Waals surface area contributed by atoms with Gasteiger partial charge in [0.05, 0.1) is 12.2 Å². The zero-order valence-corrected chi connectivity index (χ0v) is 15.7. The Balaban J connectivity index is 1.71. The number of hydrogen-bond acceptors (Lipinski definition) is 5. The lowest BCUT2D eigenvalue weighted by atomic mass is 10.1. The van der Waals surface area contributed by atoms with Crippen LogP contribution in [0.5, 0.6) is 0 Å². The van der Waals surface area contributed by atoms with Gasteiger partial charge in [-0.05, 0) is 44.0 Å². The van der Waals surface area contributed by atoms with Crippen LogP contribution >= 0.6 is 0 Å². The molecule has 1 saturated carbocycles. The first-order valence-electron chi connectivity index (χ1n) is 9.40. The van der Waals surface area contributed by atoms with E-state index in [1.165, 1.54) is 6.08 Å². The molecule has 1 fully saturated rings. The van der Waals surface area contributed by atoms with Crippen LogP contribution in [0.25, 0.3) is 17.4 Å². The maximum absolute atomic E-state index is 12.3. The maximum Gasteiger partial charge on any atom is 0.338 e. The van der Waals surface area contributed by atoms with Gasteiger partial charge in [-0.25, -0.2) is 4.79 Å². The molecule has 6 nitrogen and oxygen atoms in total. The summed E-state index contributed by atoms with van der Waals surface area (Å²) < 4.78 is 10.7. The first-order chi connectivity index (χ1) is 13.6. The number of hydrogen-bond donors (Lipinski definition) is 1. The molecule has 0 atom stereocenters. The number of ether oxygens (including phenoxy) is 1. The Morgan fingerprint density at radius 3 is 2.57 bits per heavy atom. The minimum atomic E-state index is -0.371. The van der Waals surface area contributed by atoms with E-state index in [1.54, 1.807) is 43.3 Å². The standard InChI is InChI=1S/C22H22N2O4/c1-2-27-22(26)16-9-7-15(8-10-16)20-12-11-19(28-20)13-17(14-23)21(25)24-18-5-3-4-6-18/h7-13,18H,2-6H2,1H3,(H,24,25). The zero-order chi connectivity index (χ0) is 19.9. The Labute approximate surface area is 163 Å². The van der Waals surface area contributed by atoms with E-state index in [4.69, 9.17) is 9.15 Å². The first kappa shape index (κ1) is 19.4. The van der Waals surface area contributed by atoms with Crippen LogP contribution in [0.3, 0.4) is 0 Å². The van der Waals surface area contributed by atoms with E-state index in [-0.39, 0.29) is 23.5 Å². The van der Waals surface area contributed by atoms with E-state index < -0.39 is 0 Å². The highest BCUT2D eigenvalue weighted by atomic mass is 16.5. The van der Waals surface area contributed by atoms with Crippen molar-refractivity contribution in [3.05, 3.63) is 53.3 Å². The molecule has 1 amide bonds. The smallest absolute Gasteiger partial charge is 0.338 e. The molecule has 1 aliphatic rings. The molecule has 2 aromatic rings. The quantitative estimate of drug-likeness (QED) is 0.464. The molecule has 0 radical (unpaired) electrons. The molecule has 0 unspecified atom stereocenters. The van der Waals surface area contributed by atoms with Crippen molar-refractivity contribution >= 4 is 18.0 Å². The number of benzene rings is 1. The lowest BCUT2D eigenvalue weighted by molar-refractivity contribution is -0.117. The highest BCUT2D eigenvalue weighted by Crippen LogP contribution is 2.24. The average molecular weight is 378 g/mol. The van der Waals surface area contributed by atoms with Crippen LogP contribution in [0.2, 0.25) is 0 Å². The van der Waals surface area contributed by atoms with Crippen LogP contribution in [-0.4, -0.2) is 24.5 Å². The second-order valence-electron chi connectivity index (χ2n) is 6.62. The highest BCUT2D eigenvalue weighted by Gasteiger charge is 2.19. The summed E-state index contributed by atoms with van der Waals surface area (Å²) in [5.74, 6) is 0.257. The third kappa shape index (κ3) is 4.68. The topological polar surface area (TPSA) is 92.3 Å². The molecule has 0 saturated heterocycles. The minimum absolute atomic E-state index is 0.0189. The molecule has 1 aromatic carbocycles. The van der Waals surface area contributed by atoms with E-state index in [2.05, 4.69) is 5.32 Å². The van der Waals surface area contributed by atoms with Gasteiger partial charge in [-0.1, -0.05) is 25.0 Å². The molecular formula is C22H22N2O4. The zero-order valence-electron chi connectivity index (χ0n) is 15.7. The molecular weight excluding hydrogens is 356 g/mol. The third-order valence-electron chi connectivity index (χ3n) is 4.65. The fourth-order valence-electron chi connectivity index (χ4n) is 3.19. The van der Waals surface area contributed by atoms with Gasteiger partial charge >= 0.3 is 5.97 Å². The van der Waals surface area contributed by atoms with Gasteiger partial charge < -0.3 is 14.5 Å². The Morgan fingerprint density at radius 1 is 1.21 bits per heavy atom. The number of carbonyl (C=O) groups excluding carboxylic acids is 2. The normalized spacial score (nSPS) is 14.5. The summed E-state index contributed by atoms with van der Waals surface area (Å²) >= 11 is 0. The van der Waals surface area contributed by atoms with E-state index in [0.29, 0.717) is 23.7 Å². The second-order valence-corrected chi connectivity index (χ2v) is 6.62. The predicted molar refractivity (Wildman–Crippen MR) is 104 cm³/mol. The molecule has 1 N–H and O–H groups in total. The number of furan rings is 1. The van der Waals surface area contributed by atoms with Crippen LogP contribution in [0, 0.1) is 11.3 Å². The molecule has 1 aliphatic carbocycles. The summed E-state index contributed by atoms with van der Waals surface area (Å²) in [5, 5.41) is 12.2. The van der Waals surface area contributed by atoms with Crippen molar-refractivity contribution in [1.29, 1.82) is 5.26 Å². The number of carbonyl (C=O) groups is 2. The summed E-state index contributed by atoms with van der Waals surface area (Å²) in [7, 11) is 0. The Morgan fingerprint density at radius 2 is 1.93 bits per heavy atom. The lowest BCUT2D eigenvalue weighted by Gasteiger charge is -2.10. The van der Waals surface area contributed by atoms with Gasteiger partial charge in [0.15, 0.2) is 0 Å². The van der Waals surface area contributed by atoms with E-state index in [1.807, 2.05) is 6.07 Å². The fourth-order valence-corrected chi connectivity index (χ4v) is 3.19. The SMILES string of the molecule is CCOC(=O)c1ccc(-c2ccc(C=C(C#N)C(=O)NC3CCCC3)o2)cc1. The van der Waals surface area contributed by atoms with Gasteiger partial charge in [0.25, 0.3) is 5.91 Å². The van der Waals surface area contributed by atoms with Crippen LogP contribution in [0.4, 0.5) is 0 Å². The minimum Gasteiger partial charge on any atom is -0.462 e. The van der Waals surface area contributed by atoms with Gasteiger partial charge in [0.1, 0.15) is 23.2 Å². The number of nitriles is 1. The molecule has 0 aliphatic heterocycles. The van der Waals surface area contributed by atoms with Gasteiger partial charge in [0.2, 0.25) is 0 Å². The number of rotatable bonds is 6. The van der Waals surface area contributed by atoms with E-state index in [0.717, 1.165) is 31.2 Å². The fraction of sp³-hybridized carbons (Fsp3) is 0.318. The van der Waals surface area contributed by atoms with Crippen molar-refractivity contribution < 1.29 is 18.7 Å². The molecule has 28 heavy (non-hydrogen) atoms. The lowest BCUT2D eigenvalue weighted by Crippen LogP contribution is -2.33. The van der Waals surface area contributed by atoms with Crippen LogP contribution in [-0.2, 0) is 9.53 Å². The molecule has 144 valence electrons. The summed E-state index contributed by atoms with van der Waals surface area (Å²) in [6.45, 7) is 2.08. The molecule has 1 aromatic heterocycles. The van der Waals surface area contributed by atoms with E-state index >= 15 is 0 Å². The molecule has 0 bridgehead atoms. The van der Waals surface area contributed by atoms with Gasteiger partial charge in [-0.3, -0.25) is 4.79 Å². The average Bonchev–Trinajstić information content (AvgIpc) is 3.38. The number of nitrogens with zero attached hydrogens (tertiary/aromatic N) is 1. The Bertz CT molecular complexity index is 913. The van der Waals surface area contributed by atoms with Crippen LogP contribution in [0.15, 0.2) is 46.4 Å².